The van der Waals surface area contributed by atoms with Gasteiger partial charge in [0.05, 0.1) is 12.1 Å². The molecule has 0 aliphatic rings. The van der Waals surface area contributed by atoms with Crippen LogP contribution in [0.3, 0.4) is 0 Å². The highest BCUT2D eigenvalue weighted by Gasteiger charge is 2.21. The number of anilines is 1. The predicted molar refractivity (Wildman–Crippen MR) is 110 cm³/mol. The Bertz CT molecular complexity index is 975. The zero-order valence-electron chi connectivity index (χ0n) is 14.5. The van der Waals surface area contributed by atoms with Crippen molar-refractivity contribution in [3.05, 3.63) is 114 Å². The van der Waals surface area contributed by atoms with Crippen LogP contribution in [0.25, 0.3) is 10.8 Å². The lowest BCUT2D eigenvalue weighted by atomic mass is 9.93. The molecule has 4 aromatic carbocycles. The second kappa shape index (κ2) is 7.42. The van der Waals surface area contributed by atoms with Crippen LogP contribution in [0.4, 0.5) is 5.69 Å². The Kier molecular flexibility index (Phi) is 4.67. The van der Waals surface area contributed by atoms with E-state index in [0.717, 1.165) is 11.3 Å². The normalized spacial score (nSPS) is 13.3. The van der Waals surface area contributed by atoms with E-state index in [-0.39, 0.29) is 12.1 Å². The number of nitrogens with two attached hydrogens (primary N) is 1. The molecule has 4 rings (SSSR count). The molecule has 0 saturated carbocycles. The Labute approximate surface area is 154 Å². The third-order valence-electron chi connectivity index (χ3n) is 4.80. The van der Waals surface area contributed by atoms with Crippen molar-refractivity contribution >= 4 is 16.5 Å². The van der Waals surface area contributed by atoms with Crippen molar-refractivity contribution in [2.45, 2.75) is 12.1 Å². The van der Waals surface area contributed by atoms with Crippen LogP contribution in [0, 0.1) is 0 Å². The number of nitrogens with one attached hydrogen (secondary N) is 1. The molecule has 0 heterocycles. The van der Waals surface area contributed by atoms with E-state index in [0.29, 0.717) is 0 Å². The predicted octanol–water partition coefficient (Wildman–Crippen LogP) is 5.69. The van der Waals surface area contributed by atoms with Gasteiger partial charge in [0.25, 0.3) is 0 Å². The number of hydrogen-bond acceptors (Lipinski definition) is 2. The summed E-state index contributed by atoms with van der Waals surface area (Å²) >= 11 is 0. The topological polar surface area (TPSA) is 38.0 Å². The highest BCUT2D eigenvalue weighted by Crippen LogP contribution is 2.33. The molecule has 0 bridgehead atoms. The van der Waals surface area contributed by atoms with Crippen molar-refractivity contribution in [1.82, 2.24) is 0 Å². The Morgan fingerprint density at radius 2 is 1.15 bits per heavy atom. The molecular weight excluding hydrogens is 316 g/mol. The highest BCUT2D eigenvalue weighted by atomic mass is 15.0. The van der Waals surface area contributed by atoms with Gasteiger partial charge in [0, 0.05) is 11.1 Å². The van der Waals surface area contributed by atoms with Crippen molar-refractivity contribution in [2.75, 3.05) is 5.32 Å². The molecule has 26 heavy (non-hydrogen) atoms. The molecule has 0 spiro atoms. The van der Waals surface area contributed by atoms with Gasteiger partial charge in [-0.05, 0) is 22.6 Å². The summed E-state index contributed by atoms with van der Waals surface area (Å²) in [6.07, 6.45) is 0. The van der Waals surface area contributed by atoms with Gasteiger partial charge in [0.2, 0.25) is 0 Å². The van der Waals surface area contributed by atoms with Gasteiger partial charge in [-0.25, -0.2) is 0 Å². The molecule has 2 atom stereocenters. The minimum atomic E-state index is -0.155. The summed E-state index contributed by atoms with van der Waals surface area (Å²) in [4.78, 5) is 0. The van der Waals surface area contributed by atoms with Gasteiger partial charge in [0.15, 0.2) is 0 Å². The highest BCUT2D eigenvalue weighted by molar-refractivity contribution is 5.93. The minimum absolute atomic E-state index is 0.0237. The van der Waals surface area contributed by atoms with Crippen LogP contribution in [0.1, 0.15) is 23.2 Å². The van der Waals surface area contributed by atoms with Crippen molar-refractivity contribution in [3.8, 4) is 0 Å². The molecule has 0 saturated heterocycles. The fourth-order valence-electron chi connectivity index (χ4n) is 3.43. The third kappa shape index (κ3) is 3.32. The fraction of sp³-hybridized carbons (Fsp3) is 0.0833. The lowest BCUT2D eigenvalue weighted by molar-refractivity contribution is 0.611. The molecule has 2 nitrogen and oxygen atoms in total. The summed E-state index contributed by atoms with van der Waals surface area (Å²) in [5.41, 5.74) is 10.1. The van der Waals surface area contributed by atoms with Crippen LogP contribution in [-0.4, -0.2) is 0 Å². The minimum Gasteiger partial charge on any atom is -0.376 e. The Hall–Kier alpha value is -3.10. The Morgan fingerprint density at radius 3 is 1.88 bits per heavy atom. The summed E-state index contributed by atoms with van der Waals surface area (Å²) in [6.45, 7) is 0. The first-order valence-electron chi connectivity index (χ1n) is 8.93. The fourth-order valence-corrected chi connectivity index (χ4v) is 3.43. The monoisotopic (exact) mass is 338 g/mol. The van der Waals surface area contributed by atoms with Crippen molar-refractivity contribution < 1.29 is 0 Å². The smallest absolute Gasteiger partial charge is 0.0706 e. The first kappa shape index (κ1) is 16.4. The number of fused-ring (bicyclic) bond motifs is 1. The molecule has 0 aromatic heterocycles. The van der Waals surface area contributed by atoms with E-state index in [1.54, 1.807) is 0 Å². The molecule has 2 heteroatoms. The van der Waals surface area contributed by atoms with Crippen molar-refractivity contribution in [3.63, 3.8) is 0 Å². The van der Waals surface area contributed by atoms with Gasteiger partial charge in [0.1, 0.15) is 0 Å². The zero-order valence-corrected chi connectivity index (χ0v) is 14.5. The van der Waals surface area contributed by atoms with Gasteiger partial charge >= 0.3 is 0 Å². The van der Waals surface area contributed by atoms with Gasteiger partial charge in [-0.3, -0.25) is 0 Å². The third-order valence-corrected chi connectivity index (χ3v) is 4.80. The molecular formula is C24H22N2. The summed E-state index contributed by atoms with van der Waals surface area (Å²) in [5, 5.41) is 6.14. The summed E-state index contributed by atoms with van der Waals surface area (Å²) in [7, 11) is 0. The Balaban J connectivity index is 1.76. The maximum Gasteiger partial charge on any atom is 0.0706 e. The van der Waals surface area contributed by atoms with Crippen LogP contribution < -0.4 is 11.1 Å². The number of benzene rings is 4. The van der Waals surface area contributed by atoms with Gasteiger partial charge in [-0.2, -0.15) is 0 Å². The van der Waals surface area contributed by atoms with E-state index < -0.39 is 0 Å². The first-order valence-corrected chi connectivity index (χ1v) is 8.93. The van der Waals surface area contributed by atoms with Gasteiger partial charge in [-0.1, -0.05) is 97.1 Å². The molecule has 4 aromatic rings. The van der Waals surface area contributed by atoms with Crippen LogP contribution >= 0.6 is 0 Å². The SMILES string of the molecule is N[C@@H](c1ccccc1)[C@@H](Nc1cccc2ccccc12)c1ccccc1. The zero-order chi connectivity index (χ0) is 17.8. The van der Waals surface area contributed by atoms with Crippen molar-refractivity contribution in [1.29, 1.82) is 0 Å². The largest absolute Gasteiger partial charge is 0.376 e. The summed E-state index contributed by atoms with van der Waals surface area (Å²) in [6, 6.07) is 35.3. The Morgan fingerprint density at radius 1 is 0.577 bits per heavy atom. The van der Waals surface area contributed by atoms with E-state index in [1.807, 2.05) is 24.3 Å². The first-order chi connectivity index (χ1) is 12.8. The summed E-state index contributed by atoms with van der Waals surface area (Å²) in [5.74, 6) is 0. The molecule has 3 N–H and O–H groups in total. The van der Waals surface area contributed by atoms with Crippen LogP contribution in [0.5, 0.6) is 0 Å². The van der Waals surface area contributed by atoms with E-state index >= 15 is 0 Å². The molecule has 0 fully saturated rings. The van der Waals surface area contributed by atoms with E-state index in [4.69, 9.17) is 5.73 Å². The maximum absolute atomic E-state index is 6.70. The molecule has 128 valence electrons. The molecule has 0 unspecified atom stereocenters. The van der Waals surface area contributed by atoms with Gasteiger partial charge in [-0.15, -0.1) is 0 Å². The van der Waals surface area contributed by atoms with Gasteiger partial charge < -0.3 is 11.1 Å². The van der Waals surface area contributed by atoms with Crippen LogP contribution in [0.2, 0.25) is 0 Å². The second-order valence-corrected chi connectivity index (χ2v) is 6.50. The lowest BCUT2D eigenvalue weighted by Gasteiger charge is -2.27. The van der Waals surface area contributed by atoms with Crippen LogP contribution in [-0.2, 0) is 0 Å². The average Bonchev–Trinajstić information content (AvgIpc) is 2.73. The lowest BCUT2D eigenvalue weighted by Crippen LogP contribution is -2.26. The molecule has 0 amide bonds. The number of rotatable bonds is 5. The average molecular weight is 338 g/mol. The van der Waals surface area contributed by atoms with Crippen molar-refractivity contribution in [2.24, 2.45) is 5.73 Å². The van der Waals surface area contributed by atoms with E-state index in [2.05, 4.69) is 84.2 Å². The maximum atomic E-state index is 6.70. The quantitative estimate of drug-likeness (QED) is 0.490. The van der Waals surface area contributed by atoms with E-state index in [1.165, 1.54) is 16.3 Å². The molecule has 0 radical (unpaired) electrons. The molecule has 0 aliphatic heterocycles. The summed E-state index contributed by atoms with van der Waals surface area (Å²) < 4.78 is 0. The standard InChI is InChI=1S/C24H22N2/c25-23(19-11-3-1-4-12-19)24(20-13-5-2-6-14-20)26-22-17-9-15-18-10-7-8-16-21(18)22/h1-17,23-24,26H,25H2/t23-,24-/m0/s1. The number of hydrogen-bond donors (Lipinski definition) is 2. The van der Waals surface area contributed by atoms with E-state index in [9.17, 15) is 0 Å². The van der Waals surface area contributed by atoms with Crippen LogP contribution in [0.15, 0.2) is 103 Å². The molecule has 0 aliphatic carbocycles. The second-order valence-electron chi connectivity index (χ2n) is 6.50.